The van der Waals surface area contributed by atoms with Crippen molar-refractivity contribution in [1.82, 2.24) is 0 Å². The first-order chi connectivity index (χ1) is 7.22. The summed E-state index contributed by atoms with van der Waals surface area (Å²) in [5, 5.41) is 0. The van der Waals surface area contributed by atoms with E-state index < -0.39 is 8.07 Å². The molecule has 0 aliphatic heterocycles. The molecule has 0 radical (unpaired) electrons. The summed E-state index contributed by atoms with van der Waals surface area (Å²) in [6.45, 7) is 9.95. The minimum absolute atomic E-state index is 0.0771. The second-order valence-corrected chi connectivity index (χ2v) is 11.2. The molecule has 0 heterocycles. The van der Waals surface area contributed by atoms with Crippen LogP contribution in [0.4, 0.5) is 0 Å². The summed E-state index contributed by atoms with van der Waals surface area (Å²) >= 11 is 0. The number of allylic oxidation sites excluding steroid dienone is 4. The quantitative estimate of drug-likeness (QED) is 0.703. The van der Waals surface area contributed by atoms with Crippen molar-refractivity contribution in [3.63, 3.8) is 0 Å². The Morgan fingerprint density at radius 1 is 1.25 bits per heavy atom. The van der Waals surface area contributed by atoms with E-state index in [4.69, 9.17) is 0 Å². The van der Waals surface area contributed by atoms with Gasteiger partial charge in [0.25, 0.3) is 0 Å². The first-order valence-corrected chi connectivity index (χ1v) is 9.36. The highest BCUT2D eigenvalue weighted by molar-refractivity contribution is 6.76. The first kappa shape index (κ1) is 13.1. The Balaban J connectivity index is 3.09. The zero-order valence-corrected chi connectivity index (χ0v) is 11.8. The standard InChI is InChI=1S/C13H20O2Si/c1-9(14)11-6-7-12(10(2)15)13(11)8-16(3,4)5/h6-7,11H,8H2,1-5H3. The Morgan fingerprint density at radius 3 is 2.19 bits per heavy atom. The highest BCUT2D eigenvalue weighted by Crippen LogP contribution is 2.33. The van der Waals surface area contributed by atoms with Crippen LogP contribution in [0.15, 0.2) is 23.3 Å². The van der Waals surface area contributed by atoms with Crippen LogP contribution in [-0.2, 0) is 9.59 Å². The van der Waals surface area contributed by atoms with Gasteiger partial charge in [-0.2, -0.15) is 0 Å². The van der Waals surface area contributed by atoms with Gasteiger partial charge in [-0.1, -0.05) is 31.8 Å². The minimum Gasteiger partial charge on any atom is -0.299 e. The van der Waals surface area contributed by atoms with Crippen molar-refractivity contribution in [3.05, 3.63) is 23.3 Å². The van der Waals surface area contributed by atoms with Crippen LogP contribution < -0.4 is 0 Å². The van der Waals surface area contributed by atoms with Gasteiger partial charge < -0.3 is 0 Å². The molecule has 1 unspecified atom stereocenters. The largest absolute Gasteiger partial charge is 0.299 e. The van der Waals surface area contributed by atoms with Crippen molar-refractivity contribution in [1.29, 1.82) is 0 Å². The van der Waals surface area contributed by atoms with Gasteiger partial charge in [0.2, 0.25) is 0 Å². The number of ketones is 2. The SMILES string of the molecule is CC(=O)C1=C(C[Si](C)(C)C)C(C(C)=O)C=C1. The van der Waals surface area contributed by atoms with Gasteiger partial charge in [0.15, 0.2) is 5.78 Å². The third-order valence-electron chi connectivity index (χ3n) is 2.71. The number of hydrogen-bond acceptors (Lipinski definition) is 2. The van der Waals surface area contributed by atoms with Crippen LogP contribution in [-0.4, -0.2) is 19.6 Å². The second-order valence-electron chi connectivity index (χ2n) is 5.68. The molecule has 0 aromatic heterocycles. The van der Waals surface area contributed by atoms with Gasteiger partial charge >= 0.3 is 0 Å². The predicted octanol–water partition coefficient (Wildman–Crippen LogP) is 2.99. The summed E-state index contributed by atoms with van der Waals surface area (Å²) < 4.78 is 0. The molecule has 88 valence electrons. The maximum absolute atomic E-state index is 11.5. The Kier molecular flexibility index (Phi) is 3.68. The van der Waals surface area contributed by atoms with E-state index in [1.807, 2.05) is 12.2 Å². The van der Waals surface area contributed by atoms with Gasteiger partial charge in [-0.05, 0) is 25.5 Å². The van der Waals surface area contributed by atoms with E-state index in [1.54, 1.807) is 13.8 Å². The van der Waals surface area contributed by atoms with Crippen LogP contribution in [0.1, 0.15) is 13.8 Å². The lowest BCUT2D eigenvalue weighted by atomic mass is 9.97. The number of carbonyl (C=O) groups is 2. The molecule has 0 aromatic rings. The molecule has 1 aliphatic rings. The van der Waals surface area contributed by atoms with E-state index in [9.17, 15) is 9.59 Å². The monoisotopic (exact) mass is 236 g/mol. The van der Waals surface area contributed by atoms with Gasteiger partial charge in [0.05, 0.1) is 5.92 Å². The van der Waals surface area contributed by atoms with Crippen molar-refractivity contribution in [2.45, 2.75) is 39.5 Å². The molecule has 0 spiro atoms. The topological polar surface area (TPSA) is 34.1 Å². The first-order valence-electron chi connectivity index (χ1n) is 5.65. The third-order valence-corrected chi connectivity index (χ3v) is 4.16. The van der Waals surface area contributed by atoms with Gasteiger partial charge in [-0.15, -0.1) is 0 Å². The highest BCUT2D eigenvalue weighted by atomic mass is 28.3. The maximum Gasteiger partial charge on any atom is 0.159 e. The summed E-state index contributed by atoms with van der Waals surface area (Å²) in [4.78, 5) is 23.0. The average molecular weight is 236 g/mol. The summed E-state index contributed by atoms with van der Waals surface area (Å²) in [6, 6.07) is 0.930. The number of Topliss-reactive ketones (excluding diaryl/α,β-unsaturated/α-hetero) is 2. The fourth-order valence-electron chi connectivity index (χ4n) is 2.08. The predicted molar refractivity (Wildman–Crippen MR) is 69.2 cm³/mol. The van der Waals surface area contributed by atoms with Crippen LogP contribution in [0, 0.1) is 5.92 Å². The molecule has 0 fully saturated rings. The van der Waals surface area contributed by atoms with Crippen molar-refractivity contribution in [3.8, 4) is 0 Å². The van der Waals surface area contributed by atoms with Crippen LogP contribution in [0.2, 0.25) is 25.7 Å². The lowest BCUT2D eigenvalue weighted by Gasteiger charge is -2.21. The van der Waals surface area contributed by atoms with Gasteiger partial charge in [-0.3, -0.25) is 9.59 Å². The average Bonchev–Trinajstić information content (AvgIpc) is 2.44. The number of carbonyl (C=O) groups excluding carboxylic acids is 2. The zero-order valence-electron chi connectivity index (χ0n) is 10.8. The molecule has 16 heavy (non-hydrogen) atoms. The van der Waals surface area contributed by atoms with E-state index in [-0.39, 0.29) is 17.5 Å². The maximum atomic E-state index is 11.5. The Bertz CT molecular complexity index is 383. The zero-order chi connectivity index (χ0) is 12.5. The van der Waals surface area contributed by atoms with Crippen LogP contribution >= 0.6 is 0 Å². The highest BCUT2D eigenvalue weighted by Gasteiger charge is 2.29. The van der Waals surface area contributed by atoms with E-state index >= 15 is 0 Å². The van der Waals surface area contributed by atoms with Crippen LogP contribution in [0.3, 0.4) is 0 Å². The Labute approximate surface area is 98.4 Å². The molecule has 2 nitrogen and oxygen atoms in total. The van der Waals surface area contributed by atoms with Crippen LogP contribution in [0.5, 0.6) is 0 Å². The molecule has 0 saturated heterocycles. The molecule has 1 rings (SSSR count). The lowest BCUT2D eigenvalue weighted by molar-refractivity contribution is -0.118. The lowest BCUT2D eigenvalue weighted by Crippen LogP contribution is -2.24. The van der Waals surface area contributed by atoms with E-state index in [2.05, 4.69) is 19.6 Å². The Hall–Kier alpha value is -0.963. The number of hydrogen-bond donors (Lipinski definition) is 0. The fourth-order valence-corrected chi connectivity index (χ4v) is 3.64. The fraction of sp³-hybridized carbons (Fsp3) is 0.538. The molecular weight excluding hydrogens is 216 g/mol. The molecular formula is C13H20O2Si. The molecule has 0 saturated carbocycles. The summed E-state index contributed by atoms with van der Waals surface area (Å²) in [5.74, 6) is 0.0691. The van der Waals surface area contributed by atoms with E-state index in [0.717, 1.165) is 17.2 Å². The molecule has 3 heteroatoms. The summed E-state index contributed by atoms with van der Waals surface area (Å²) in [6.07, 6.45) is 3.69. The minimum atomic E-state index is -1.30. The smallest absolute Gasteiger partial charge is 0.159 e. The van der Waals surface area contributed by atoms with Gasteiger partial charge in [-0.25, -0.2) is 0 Å². The third kappa shape index (κ3) is 3.01. The second kappa shape index (κ2) is 4.50. The molecule has 0 amide bonds. The van der Waals surface area contributed by atoms with Crippen molar-refractivity contribution in [2.24, 2.45) is 5.92 Å². The van der Waals surface area contributed by atoms with Crippen molar-refractivity contribution in [2.75, 3.05) is 0 Å². The van der Waals surface area contributed by atoms with Gasteiger partial charge in [0.1, 0.15) is 5.78 Å². The van der Waals surface area contributed by atoms with Gasteiger partial charge in [0, 0.05) is 13.6 Å². The van der Waals surface area contributed by atoms with E-state index in [0.29, 0.717) is 0 Å². The molecule has 0 N–H and O–H groups in total. The summed E-state index contributed by atoms with van der Waals surface area (Å²) in [7, 11) is -1.30. The molecule has 1 atom stereocenters. The van der Waals surface area contributed by atoms with Crippen molar-refractivity contribution < 1.29 is 9.59 Å². The van der Waals surface area contributed by atoms with E-state index in [1.165, 1.54) is 0 Å². The summed E-state index contributed by atoms with van der Waals surface area (Å²) in [5.41, 5.74) is 1.82. The van der Waals surface area contributed by atoms with Crippen LogP contribution in [0.25, 0.3) is 0 Å². The molecule has 0 aromatic carbocycles. The molecule has 1 aliphatic carbocycles. The molecule has 0 bridgehead atoms. The Morgan fingerprint density at radius 2 is 1.81 bits per heavy atom. The number of rotatable bonds is 4. The van der Waals surface area contributed by atoms with Crippen molar-refractivity contribution >= 4 is 19.6 Å². The normalized spacial score (nSPS) is 20.4.